The Morgan fingerprint density at radius 1 is 1.12 bits per heavy atom. The van der Waals surface area contributed by atoms with Gasteiger partial charge in [-0.2, -0.15) is 0 Å². The lowest BCUT2D eigenvalue weighted by molar-refractivity contribution is -0.119. The average Bonchev–Trinajstić information content (AvgIpc) is 2.20. The summed E-state index contributed by atoms with van der Waals surface area (Å²) in [6.07, 6.45) is 1.16. The smallest absolute Gasteiger partial charge is 0.407 e. The molecule has 6 nitrogen and oxygen atoms in total. The van der Waals surface area contributed by atoms with Crippen molar-refractivity contribution in [3.8, 4) is 0 Å². The van der Waals surface area contributed by atoms with Crippen LogP contribution in [-0.4, -0.2) is 37.2 Å². The Bertz CT molecular complexity index is 249. The molecule has 0 aliphatic rings. The van der Waals surface area contributed by atoms with E-state index in [1.54, 1.807) is 0 Å². The van der Waals surface area contributed by atoms with Crippen molar-refractivity contribution in [1.82, 2.24) is 10.6 Å². The monoisotopic (exact) mass is 245 g/mol. The fraction of sp³-hybridized carbons (Fsp3) is 0.818. The lowest BCUT2D eigenvalue weighted by Crippen LogP contribution is -2.34. The highest BCUT2D eigenvalue weighted by Gasteiger charge is 2.15. The van der Waals surface area contributed by atoms with Crippen LogP contribution in [0.2, 0.25) is 0 Å². The zero-order valence-corrected chi connectivity index (χ0v) is 10.8. The molecule has 17 heavy (non-hydrogen) atoms. The van der Waals surface area contributed by atoms with Crippen LogP contribution in [0.15, 0.2) is 0 Å². The van der Waals surface area contributed by atoms with Crippen LogP contribution in [0.25, 0.3) is 0 Å². The fourth-order valence-electron chi connectivity index (χ4n) is 1.05. The first-order valence-electron chi connectivity index (χ1n) is 5.79. The lowest BCUT2D eigenvalue weighted by Gasteiger charge is -2.19. The van der Waals surface area contributed by atoms with Crippen LogP contribution in [0, 0.1) is 0 Å². The molecule has 0 saturated heterocycles. The molecule has 0 aliphatic heterocycles. The van der Waals surface area contributed by atoms with Gasteiger partial charge in [-0.1, -0.05) is 0 Å². The van der Waals surface area contributed by atoms with E-state index in [1.165, 1.54) is 0 Å². The molecule has 100 valence electrons. The summed E-state index contributed by atoms with van der Waals surface area (Å²) < 4.78 is 5.06. The highest BCUT2D eigenvalue weighted by atomic mass is 16.6. The molecule has 0 spiro atoms. The summed E-state index contributed by atoms with van der Waals surface area (Å²) in [7, 11) is 0. The van der Waals surface area contributed by atoms with Gasteiger partial charge >= 0.3 is 6.09 Å². The largest absolute Gasteiger partial charge is 0.444 e. The Balaban J connectivity index is 3.40. The number of carbonyl (C=O) groups is 2. The topological polar surface area (TPSA) is 93.5 Å². The van der Waals surface area contributed by atoms with Crippen LogP contribution in [-0.2, 0) is 9.53 Å². The van der Waals surface area contributed by atoms with Crippen molar-refractivity contribution >= 4 is 12.0 Å². The van der Waals surface area contributed by atoms with Crippen LogP contribution >= 0.6 is 0 Å². The Morgan fingerprint density at radius 2 is 1.65 bits per heavy atom. The maximum atomic E-state index is 11.2. The molecule has 0 bridgehead atoms. The predicted octanol–water partition coefficient (Wildman–Crippen LogP) is 0.366. The van der Waals surface area contributed by atoms with Gasteiger partial charge in [0.15, 0.2) is 0 Å². The summed E-state index contributed by atoms with van der Waals surface area (Å²) in [5, 5.41) is 5.29. The standard InChI is InChI=1S/C11H23N3O3/c1-11(2,3)17-10(16)14-7-5-4-6-13-9(15)8-12/h4-8,12H2,1-3H3,(H,13,15)(H,14,16). The molecular weight excluding hydrogens is 222 g/mol. The van der Waals surface area contributed by atoms with E-state index in [0.29, 0.717) is 13.1 Å². The second-order valence-corrected chi connectivity index (χ2v) is 4.69. The molecule has 0 fully saturated rings. The van der Waals surface area contributed by atoms with Crippen LogP contribution in [0.5, 0.6) is 0 Å². The van der Waals surface area contributed by atoms with E-state index >= 15 is 0 Å². The van der Waals surface area contributed by atoms with Gasteiger partial charge < -0.3 is 21.1 Å². The minimum absolute atomic E-state index is 0.0101. The SMILES string of the molecule is CC(C)(C)OC(=O)NCCCCNC(=O)CN. The number of amides is 2. The van der Waals surface area contributed by atoms with Gasteiger partial charge in [-0.05, 0) is 33.6 Å². The fourth-order valence-corrected chi connectivity index (χ4v) is 1.05. The Hall–Kier alpha value is -1.30. The maximum Gasteiger partial charge on any atom is 0.407 e. The van der Waals surface area contributed by atoms with Gasteiger partial charge in [-0.3, -0.25) is 4.79 Å². The number of ether oxygens (including phenoxy) is 1. The molecule has 4 N–H and O–H groups in total. The van der Waals surface area contributed by atoms with Crippen LogP contribution in [0.4, 0.5) is 4.79 Å². The van der Waals surface area contributed by atoms with Crippen molar-refractivity contribution in [1.29, 1.82) is 0 Å². The van der Waals surface area contributed by atoms with Crippen molar-refractivity contribution in [2.75, 3.05) is 19.6 Å². The van der Waals surface area contributed by atoms with Crippen molar-refractivity contribution in [3.05, 3.63) is 0 Å². The minimum atomic E-state index is -0.473. The number of rotatable bonds is 6. The quantitative estimate of drug-likeness (QED) is 0.589. The number of nitrogens with two attached hydrogens (primary N) is 1. The predicted molar refractivity (Wildman–Crippen MR) is 65.5 cm³/mol. The zero-order chi connectivity index (χ0) is 13.3. The highest BCUT2D eigenvalue weighted by Crippen LogP contribution is 2.06. The molecule has 0 unspecified atom stereocenters. The van der Waals surface area contributed by atoms with Crippen molar-refractivity contribution in [2.24, 2.45) is 5.73 Å². The Morgan fingerprint density at radius 3 is 2.12 bits per heavy atom. The molecule has 6 heteroatoms. The van der Waals surface area contributed by atoms with E-state index in [1.807, 2.05) is 20.8 Å². The van der Waals surface area contributed by atoms with E-state index in [-0.39, 0.29) is 12.5 Å². The molecule has 0 atom stereocenters. The summed E-state index contributed by atoms with van der Waals surface area (Å²) in [6, 6.07) is 0. The highest BCUT2D eigenvalue weighted by molar-refractivity contribution is 5.77. The van der Waals surface area contributed by atoms with Crippen molar-refractivity contribution < 1.29 is 14.3 Å². The van der Waals surface area contributed by atoms with E-state index in [4.69, 9.17) is 10.5 Å². The number of carbonyl (C=O) groups excluding carboxylic acids is 2. The molecule has 0 rings (SSSR count). The average molecular weight is 245 g/mol. The summed E-state index contributed by atoms with van der Waals surface area (Å²) >= 11 is 0. The van der Waals surface area contributed by atoms with E-state index in [2.05, 4.69) is 10.6 Å². The van der Waals surface area contributed by atoms with Gasteiger partial charge in [-0.15, -0.1) is 0 Å². The van der Waals surface area contributed by atoms with E-state index < -0.39 is 11.7 Å². The first-order chi connectivity index (χ1) is 7.85. The third-order valence-electron chi connectivity index (χ3n) is 1.78. The lowest BCUT2D eigenvalue weighted by atomic mass is 10.2. The third kappa shape index (κ3) is 11.0. The number of alkyl carbamates (subject to hydrolysis) is 1. The summed E-state index contributed by atoms with van der Waals surface area (Å²) in [4.78, 5) is 22.0. The Kier molecular flexibility index (Phi) is 7.29. The number of nitrogens with one attached hydrogen (secondary N) is 2. The first kappa shape index (κ1) is 15.7. The molecule has 0 aromatic rings. The van der Waals surface area contributed by atoms with Crippen LogP contribution in [0.1, 0.15) is 33.6 Å². The molecule has 0 aromatic heterocycles. The minimum Gasteiger partial charge on any atom is -0.444 e. The summed E-state index contributed by atoms with van der Waals surface area (Å²) in [6.45, 7) is 6.56. The first-order valence-corrected chi connectivity index (χ1v) is 5.79. The molecule has 0 aromatic carbocycles. The molecule has 0 heterocycles. The summed E-state index contributed by atoms with van der Waals surface area (Å²) in [5.74, 6) is -0.162. The summed E-state index contributed by atoms with van der Waals surface area (Å²) in [5.41, 5.74) is 4.65. The maximum absolute atomic E-state index is 11.2. The third-order valence-corrected chi connectivity index (χ3v) is 1.78. The van der Waals surface area contributed by atoms with E-state index in [9.17, 15) is 9.59 Å². The molecular formula is C11H23N3O3. The Labute approximate surface area is 102 Å². The van der Waals surface area contributed by atoms with Gasteiger partial charge in [0.05, 0.1) is 6.54 Å². The van der Waals surface area contributed by atoms with Gasteiger partial charge in [0.25, 0.3) is 0 Å². The van der Waals surface area contributed by atoms with E-state index in [0.717, 1.165) is 12.8 Å². The molecule has 0 aliphatic carbocycles. The molecule has 0 saturated carbocycles. The number of unbranched alkanes of at least 4 members (excludes halogenated alkanes) is 1. The van der Waals surface area contributed by atoms with Crippen LogP contribution < -0.4 is 16.4 Å². The molecule has 2 amide bonds. The van der Waals surface area contributed by atoms with Gasteiger partial charge in [0, 0.05) is 13.1 Å². The number of hydrogen-bond donors (Lipinski definition) is 3. The second-order valence-electron chi connectivity index (χ2n) is 4.69. The van der Waals surface area contributed by atoms with Crippen molar-refractivity contribution in [2.45, 2.75) is 39.2 Å². The molecule has 0 radical (unpaired) electrons. The van der Waals surface area contributed by atoms with Gasteiger partial charge in [-0.25, -0.2) is 4.79 Å². The van der Waals surface area contributed by atoms with Crippen LogP contribution in [0.3, 0.4) is 0 Å². The van der Waals surface area contributed by atoms with Crippen molar-refractivity contribution in [3.63, 3.8) is 0 Å². The van der Waals surface area contributed by atoms with Gasteiger partial charge in [0.1, 0.15) is 5.60 Å². The van der Waals surface area contributed by atoms with Gasteiger partial charge in [0.2, 0.25) is 5.91 Å². The second kappa shape index (κ2) is 7.89. The zero-order valence-electron chi connectivity index (χ0n) is 10.8. The normalized spacial score (nSPS) is 10.8. The number of hydrogen-bond acceptors (Lipinski definition) is 4.